The van der Waals surface area contributed by atoms with Gasteiger partial charge in [0.25, 0.3) is 0 Å². The first kappa shape index (κ1) is 25.6. The van der Waals surface area contributed by atoms with Crippen molar-refractivity contribution in [1.29, 1.82) is 0 Å². The summed E-state index contributed by atoms with van der Waals surface area (Å²) in [7, 11) is 3.64. The Labute approximate surface area is 221 Å². The fraction of sp³-hybridized carbons (Fsp3) is 0.586. The molecule has 1 aromatic carbocycles. The zero-order chi connectivity index (χ0) is 26.1. The molecule has 4 heterocycles. The molecular formula is C29H42N6O2. The van der Waals surface area contributed by atoms with Crippen LogP contribution in [0.4, 0.5) is 22.1 Å². The van der Waals surface area contributed by atoms with Gasteiger partial charge in [0.1, 0.15) is 11.6 Å². The van der Waals surface area contributed by atoms with Crippen LogP contribution in [0, 0.1) is 0 Å². The average Bonchev–Trinajstić information content (AvgIpc) is 2.92. The second-order valence-electron chi connectivity index (χ2n) is 10.9. The number of nitrogen functional groups attached to an aromatic ring is 1. The van der Waals surface area contributed by atoms with E-state index in [-0.39, 0.29) is 6.09 Å². The van der Waals surface area contributed by atoms with Crippen molar-refractivity contribution in [2.24, 2.45) is 0 Å². The third-order valence-corrected chi connectivity index (χ3v) is 8.63. The minimum atomic E-state index is -0.217. The van der Waals surface area contributed by atoms with Gasteiger partial charge in [0, 0.05) is 69.2 Å². The van der Waals surface area contributed by atoms with Gasteiger partial charge < -0.3 is 30.1 Å². The number of likely N-dealkylation sites (N-methyl/N-ethyl adjacent to an activating group) is 1. The maximum Gasteiger partial charge on any atom is 0.409 e. The van der Waals surface area contributed by atoms with E-state index in [0.717, 1.165) is 77.3 Å². The number of piperazine rings is 1. The van der Waals surface area contributed by atoms with Gasteiger partial charge in [0.2, 0.25) is 0 Å². The number of piperidine rings is 1. The molecule has 5 rings (SSSR count). The van der Waals surface area contributed by atoms with Gasteiger partial charge >= 0.3 is 6.09 Å². The van der Waals surface area contributed by atoms with Crippen molar-refractivity contribution < 1.29 is 9.53 Å². The molecule has 2 fully saturated rings. The quantitative estimate of drug-likeness (QED) is 0.674. The number of anilines is 3. The number of benzene rings is 1. The normalized spacial score (nSPS) is 21.2. The van der Waals surface area contributed by atoms with Gasteiger partial charge in [0.05, 0.1) is 7.11 Å². The highest BCUT2D eigenvalue weighted by molar-refractivity contribution is 5.69. The summed E-state index contributed by atoms with van der Waals surface area (Å²) in [5, 5.41) is 0. The summed E-state index contributed by atoms with van der Waals surface area (Å²) in [6.07, 6.45) is 3.61. The Kier molecular flexibility index (Phi) is 7.47. The van der Waals surface area contributed by atoms with Crippen LogP contribution in [0.25, 0.3) is 0 Å². The zero-order valence-corrected chi connectivity index (χ0v) is 22.9. The summed E-state index contributed by atoms with van der Waals surface area (Å²) in [5.41, 5.74) is 13.2. The number of carbonyl (C=O) groups is 1. The summed E-state index contributed by atoms with van der Waals surface area (Å²) in [6, 6.07) is 9.66. The first-order valence-corrected chi connectivity index (χ1v) is 13.8. The molecule has 0 saturated carbocycles. The molecule has 8 nitrogen and oxygen atoms in total. The van der Waals surface area contributed by atoms with Crippen molar-refractivity contribution in [1.82, 2.24) is 14.8 Å². The second kappa shape index (κ2) is 10.8. The molecule has 2 N–H and O–H groups in total. The van der Waals surface area contributed by atoms with Crippen LogP contribution in [0.15, 0.2) is 24.3 Å². The first-order chi connectivity index (χ1) is 17.9. The predicted molar refractivity (Wildman–Crippen MR) is 149 cm³/mol. The van der Waals surface area contributed by atoms with Crippen LogP contribution in [0.1, 0.15) is 54.9 Å². The van der Waals surface area contributed by atoms with E-state index in [9.17, 15) is 4.79 Å². The van der Waals surface area contributed by atoms with Crippen molar-refractivity contribution in [3.8, 4) is 0 Å². The molecule has 2 aromatic rings. The molecule has 200 valence electrons. The van der Waals surface area contributed by atoms with Crippen molar-refractivity contribution >= 4 is 23.4 Å². The van der Waals surface area contributed by atoms with Crippen LogP contribution in [0.2, 0.25) is 0 Å². The average molecular weight is 507 g/mol. The molecule has 2 saturated heterocycles. The number of hydrogen-bond donors (Lipinski definition) is 1. The number of fused-ring (bicyclic) bond motifs is 1. The summed E-state index contributed by atoms with van der Waals surface area (Å²) in [4.78, 5) is 25.9. The maximum absolute atomic E-state index is 11.9. The number of nitrogens with two attached hydrogens (primary N) is 1. The highest BCUT2D eigenvalue weighted by Crippen LogP contribution is 2.36. The Morgan fingerprint density at radius 2 is 1.81 bits per heavy atom. The Morgan fingerprint density at radius 3 is 2.49 bits per heavy atom. The predicted octanol–water partition coefficient (Wildman–Crippen LogP) is 3.88. The summed E-state index contributed by atoms with van der Waals surface area (Å²) in [6.45, 7) is 11.0. The van der Waals surface area contributed by atoms with Gasteiger partial charge in [0.15, 0.2) is 0 Å². The van der Waals surface area contributed by atoms with Crippen LogP contribution in [0.5, 0.6) is 0 Å². The summed E-state index contributed by atoms with van der Waals surface area (Å²) >= 11 is 0. The highest BCUT2D eigenvalue weighted by Gasteiger charge is 2.29. The van der Waals surface area contributed by atoms with Crippen LogP contribution >= 0.6 is 0 Å². The zero-order valence-electron chi connectivity index (χ0n) is 22.9. The number of aromatic nitrogens is 1. The molecule has 1 atom stereocenters. The van der Waals surface area contributed by atoms with Crippen molar-refractivity contribution in [3.63, 3.8) is 0 Å². The number of rotatable bonds is 4. The lowest BCUT2D eigenvalue weighted by molar-refractivity contribution is 0.112. The lowest BCUT2D eigenvalue weighted by Gasteiger charge is -2.39. The second-order valence-corrected chi connectivity index (χ2v) is 10.9. The van der Waals surface area contributed by atoms with Gasteiger partial charge in [-0.25, -0.2) is 9.78 Å². The van der Waals surface area contributed by atoms with Crippen molar-refractivity contribution in [2.75, 3.05) is 69.0 Å². The highest BCUT2D eigenvalue weighted by atomic mass is 16.5. The van der Waals surface area contributed by atoms with Gasteiger partial charge in [-0.05, 0) is 62.3 Å². The molecule has 3 aliphatic rings. The van der Waals surface area contributed by atoms with E-state index in [0.29, 0.717) is 17.8 Å². The molecule has 1 aromatic heterocycles. The standard InChI is InChI=1S/C29H42N6O2/c1-5-25-26(33-14-12-32(3)13-15-33)18-27(31-28(25)30)35-19-24-17-23(7-6-22(24)16-20(35)2)21-8-10-34(11-9-21)29(36)37-4/h6-7,17-18,20-21H,5,8-16,19H2,1-4H3,(H2,30,31). The van der Waals surface area contributed by atoms with E-state index in [1.54, 1.807) is 0 Å². The Balaban J connectivity index is 1.38. The monoisotopic (exact) mass is 506 g/mol. The minimum Gasteiger partial charge on any atom is -0.453 e. The lowest BCUT2D eigenvalue weighted by atomic mass is 9.85. The smallest absolute Gasteiger partial charge is 0.409 e. The van der Waals surface area contributed by atoms with E-state index in [1.807, 2.05) is 4.90 Å². The number of hydrogen-bond acceptors (Lipinski definition) is 7. The van der Waals surface area contributed by atoms with Crippen molar-refractivity contribution in [3.05, 3.63) is 46.5 Å². The molecule has 0 bridgehead atoms. The molecule has 1 unspecified atom stereocenters. The molecular weight excluding hydrogens is 464 g/mol. The number of carbonyl (C=O) groups excluding carboxylic acids is 1. The molecule has 37 heavy (non-hydrogen) atoms. The third kappa shape index (κ3) is 5.21. The summed E-state index contributed by atoms with van der Waals surface area (Å²) < 4.78 is 4.91. The third-order valence-electron chi connectivity index (χ3n) is 8.63. The molecule has 1 amide bonds. The topological polar surface area (TPSA) is 78.2 Å². The maximum atomic E-state index is 11.9. The fourth-order valence-corrected chi connectivity index (χ4v) is 6.25. The number of methoxy groups -OCH3 is 1. The van der Waals surface area contributed by atoms with E-state index in [2.05, 4.69) is 59.9 Å². The van der Waals surface area contributed by atoms with E-state index in [4.69, 9.17) is 15.5 Å². The van der Waals surface area contributed by atoms with Crippen molar-refractivity contribution in [2.45, 2.75) is 58.0 Å². The van der Waals surface area contributed by atoms with Gasteiger partial charge in [-0.15, -0.1) is 0 Å². The first-order valence-electron chi connectivity index (χ1n) is 13.8. The van der Waals surface area contributed by atoms with E-state index < -0.39 is 0 Å². The van der Waals surface area contributed by atoms with Crippen LogP contribution in [0.3, 0.4) is 0 Å². The number of amides is 1. The Bertz CT molecular complexity index is 1120. The Morgan fingerprint density at radius 1 is 1.08 bits per heavy atom. The largest absolute Gasteiger partial charge is 0.453 e. The van der Waals surface area contributed by atoms with Gasteiger partial charge in [-0.3, -0.25) is 0 Å². The molecule has 0 radical (unpaired) electrons. The SMILES string of the molecule is CCc1c(N2CCN(C)CC2)cc(N2Cc3cc(C4CCN(C(=O)OC)CC4)ccc3CC2C)nc1N. The van der Waals surface area contributed by atoms with Crippen LogP contribution < -0.4 is 15.5 Å². The number of likely N-dealkylation sites (tertiary alicyclic amines) is 1. The minimum absolute atomic E-state index is 0.217. The van der Waals surface area contributed by atoms with E-state index in [1.165, 1.54) is 35.1 Å². The number of pyridine rings is 1. The molecule has 0 aliphatic carbocycles. The van der Waals surface area contributed by atoms with E-state index >= 15 is 0 Å². The summed E-state index contributed by atoms with van der Waals surface area (Å²) in [5.74, 6) is 2.12. The molecule has 3 aliphatic heterocycles. The molecule has 0 spiro atoms. The number of nitrogens with zero attached hydrogens (tertiary/aromatic N) is 5. The number of ether oxygens (including phenoxy) is 1. The van der Waals surface area contributed by atoms with Crippen LogP contribution in [-0.4, -0.2) is 80.3 Å². The van der Waals surface area contributed by atoms with Crippen LogP contribution in [-0.2, 0) is 24.1 Å². The Hall–Kier alpha value is -3.00. The van der Waals surface area contributed by atoms with Gasteiger partial charge in [-0.1, -0.05) is 25.1 Å². The molecule has 8 heteroatoms. The van der Waals surface area contributed by atoms with Gasteiger partial charge in [-0.2, -0.15) is 0 Å². The lowest BCUT2D eigenvalue weighted by Crippen LogP contribution is -2.45. The fourth-order valence-electron chi connectivity index (χ4n) is 6.25.